The molecule has 0 amide bonds. The van der Waals surface area contributed by atoms with Crippen LogP contribution >= 0.6 is 11.8 Å². The Hall–Kier alpha value is -1.55. The van der Waals surface area contributed by atoms with Crippen LogP contribution in [0.15, 0.2) is 41.3 Å². The number of thioether (sulfide) groups is 1. The Morgan fingerprint density at radius 2 is 1.79 bits per heavy atom. The van der Waals surface area contributed by atoms with Crippen molar-refractivity contribution in [3.8, 4) is 0 Å². The van der Waals surface area contributed by atoms with E-state index >= 15 is 0 Å². The zero-order valence-corrected chi connectivity index (χ0v) is 14.5. The van der Waals surface area contributed by atoms with Gasteiger partial charge in [-0.15, -0.1) is 0 Å². The molecule has 0 saturated heterocycles. The first-order chi connectivity index (χ1) is 11.6. The number of nitrogens with one attached hydrogen (secondary N) is 1. The second kappa shape index (κ2) is 6.40. The van der Waals surface area contributed by atoms with Gasteiger partial charge in [-0.2, -0.15) is 0 Å². The third-order valence-electron chi connectivity index (χ3n) is 5.27. The number of hydrogen-bond acceptors (Lipinski definition) is 2. The van der Waals surface area contributed by atoms with E-state index in [1.165, 1.54) is 36.7 Å². The van der Waals surface area contributed by atoms with Gasteiger partial charge in [0.2, 0.25) is 0 Å². The predicted molar refractivity (Wildman–Crippen MR) is 95.4 cm³/mol. The van der Waals surface area contributed by atoms with Gasteiger partial charge in [0.1, 0.15) is 17.0 Å². The lowest BCUT2D eigenvalue weighted by Crippen LogP contribution is -2.12. The Morgan fingerprint density at radius 1 is 1.00 bits per heavy atom. The summed E-state index contributed by atoms with van der Waals surface area (Å²) in [5.41, 5.74) is 2.63. The molecule has 1 N–H and O–H groups in total. The summed E-state index contributed by atoms with van der Waals surface area (Å²) in [5.74, 6) is 0.860. The average Bonchev–Trinajstić information content (AvgIpc) is 2.98. The number of rotatable bonds is 2. The molecule has 126 valence electrons. The van der Waals surface area contributed by atoms with Crippen molar-refractivity contribution in [3.63, 3.8) is 0 Å². The van der Waals surface area contributed by atoms with Crippen LogP contribution in [0.3, 0.4) is 0 Å². The molecule has 0 aromatic heterocycles. The molecule has 24 heavy (non-hydrogen) atoms. The molecule has 0 spiro atoms. The molecule has 1 saturated carbocycles. The van der Waals surface area contributed by atoms with E-state index in [0.29, 0.717) is 11.5 Å². The number of hydrogen-bond donors (Lipinski definition) is 1. The molecule has 4 rings (SSSR count). The van der Waals surface area contributed by atoms with Crippen molar-refractivity contribution in [2.45, 2.75) is 48.8 Å². The van der Waals surface area contributed by atoms with E-state index in [2.05, 4.69) is 18.3 Å². The summed E-state index contributed by atoms with van der Waals surface area (Å²) in [6.45, 7) is 2.30. The molecule has 2 aromatic carbocycles. The van der Waals surface area contributed by atoms with Crippen molar-refractivity contribution in [3.05, 3.63) is 59.2 Å². The molecular formula is C20H21F2NS. The highest BCUT2D eigenvalue weighted by molar-refractivity contribution is 8.00. The van der Waals surface area contributed by atoms with Gasteiger partial charge in [0.25, 0.3) is 0 Å². The molecule has 1 nitrogen and oxygen atoms in total. The molecule has 2 aliphatic rings. The van der Waals surface area contributed by atoms with Gasteiger partial charge in [-0.25, -0.2) is 8.78 Å². The minimum absolute atomic E-state index is 0.163. The minimum atomic E-state index is -0.258. The van der Waals surface area contributed by atoms with Crippen LogP contribution in [0, 0.1) is 17.6 Å². The van der Waals surface area contributed by atoms with Crippen molar-refractivity contribution in [2.75, 3.05) is 5.32 Å². The van der Waals surface area contributed by atoms with E-state index in [1.807, 2.05) is 6.07 Å². The third-order valence-corrected chi connectivity index (χ3v) is 6.47. The topological polar surface area (TPSA) is 12.0 Å². The number of fused-ring (bicyclic) bond motifs is 1. The van der Waals surface area contributed by atoms with Gasteiger partial charge in [0.15, 0.2) is 0 Å². The second-order valence-electron chi connectivity index (χ2n) is 7.02. The van der Waals surface area contributed by atoms with E-state index in [9.17, 15) is 8.78 Å². The van der Waals surface area contributed by atoms with Crippen molar-refractivity contribution in [2.24, 2.45) is 5.92 Å². The van der Waals surface area contributed by atoms with Gasteiger partial charge >= 0.3 is 0 Å². The Bertz CT molecular complexity index is 753. The lowest BCUT2D eigenvalue weighted by Gasteiger charge is -2.27. The van der Waals surface area contributed by atoms with Crippen LogP contribution in [0.25, 0.3) is 0 Å². The first-order valence-corrected chi connectivity index (χ1v) is 9.50. The molecule has 1 aliphatic heterocycles. The van der Waals surface area contributed by atoms with Crippen LogP contribution in [0.1, 0.15) is 55.0 Å². The van der Waals surface area contributed by atoms with E-state index < -0.39 is 0 Å². The fourth-order valence-corrected chi connectivity index (χ4v) is 4.95. The quantitative estimate of drug-likeness (QED) is 0.669. The zero-order valence-electron chi connectivity index (χ0n) is 13.7. The van der Waals surface area contributed by atoms with Crippen LogP contribution < -0.4 is 5.32 Å². The SMILES string of the molecule is CC1CCC(c2ccc(C3Nc4ccc(F)cc4S3)c(F)c2)CC1. The fraction of sp³-hybridized carbons (Fsp3) is 0.400. The second-order valence-corrected chi connectivity index (χ2v) is 8.17. The molecule has 1 unspecified atom stereocenters. The van der Waals surface area contributed by atoms with Gasteiger partial charge in [0, 0.05) is 16.1 Å². The minimum Gasteiger partial charge on any atom is -0.368 e. The summed E-state index contributed by atoms with van der Waals surface area (Å²) >= 11 is 1.47. The van der Waals surface area contributed by atoms with E-state index in [0.717, 1.165) is 34.9 Å². The normalized spacial score (nSPS) is 26.0. The maximum Gasteiger partial charge on any atom is 0.129 e. The van der Waals surface area contributed by atoms with Gasteiger partial charge in [0.05, 0.1) is 0 Å². The summed E-state index contributed by atoms with van der Waals surface area (Å²) < 4.78 is 28.1. The van der Waals surface area contributed by atoms with E-state index in [1.54, 1.807) is 12.1 Å². The maximum absolute atomic E-state index is 14.7. The highest BCUT2D eigenvalue weighted by atomic mass is 32.2. The van der Waals surface area contributed by atoms with E-state index in [4.69, 9.17) is 0 Å². The molecule has 4 heteroatoms. The van der Waals surface area contributed by atoms with Gasteiger partial charge < -0.3 is 5.32 Å². The Kier molecular flexibility index (Phi) is 4.25. The first kappa shape index (κ1) is 15.9. The Labute approximate surface area is 145 Å². The van der Waals surface area contributed by atoms with Crippen LogP contribution in [0.5, 0.6) is 0 Å². The fourth-order valence-electron chi connectivity index (χ4n) is 3.76. The summed E-state index contributed by atoms with van der Waals surface area (Å²) in [4.78, 5) is 0.838. The Balaban J connectivity index is 1.53. The van der Waals surface area contributed by atoms with Gasteiger partial charge in [-0.3, -0.25) is 0 Å². The van der Waals surface area contributed by atoms with Gasteiger partial charge in [-0.1, -0.05) is 43.7 Å². The number of benzene rings is 2. The lowest BCUT2D eigenvalue weighted by molar-refractivity contribution is 0.347. The summed E-state index contributed by atoms with van der Waals surface area (Å²) in [5, 5.41) is 3.09. The number of halogens is 2. The summed E-state index contributed by atoms with van der Waals surface area (Å²) in [7, 11) is 0. The first-order valence-electron chi connectivity index (χ1n) is 8.62. The van der Waals surface area contributed by atoms with Crippen molar-refractivity contribution in [1.29, 1.82) is 0 Å². The zero-order chi connectivity index (χ0) is 16.7. The Morgan fingerprint density at radius 3 is 2.54 bits per heavy atom. The van der Waals surface area contributed by atoms with Crippen molar-refractivity contribution >= 4 is 17.4 Å². The summed E-state index contributed by atoms with van der Waals surface area (Å²) in [6.07, 6.45) is 4.77. The molecule has 0 bridgehead atoms. The third kappa shape index (κ3) is 3.04. The molecular weight excluding hydrogens is 324 g/mol. The molecule has 1 fully saturated rings. The maximum atomic E-state index is 14.7. The predicted octanol–water partition coefficient (Wildman–Crippen LogP) is 6.47. The standard InChI is InChI=1S/C20H21F2NS/c1-12-2-4-13(5-3-12)14-6-8-16(17(22)10-14)20-23-18-9-7-15(21)11-19(18)24-20/h6-13,20,23H,2-5H2,1H3. The molecule has 1 heterocycles. The lowest BCUT2D eigenvalue weighted by atomic mass is 9.79. The van der Waals surface area contributed by atoms with Crippen molar-refractivity contribution in [1.82, 2.24) is 0 Å². The smallest absolute Gasteiger partial charge is 0.129 e. The number of anilines is 1. The average molecular weight is 345 g/mol. The van der Waals surface area contributed by atoms with Crippen LogP contribution in [-0.2, 0) is 0 Å². The molecule has 0 radical (unpaired) electrons. The highest BCUT2D eigenvalue weighted by Gasteiger charge is 2.27. The molecule has 2 aromatic rings. The van der Waals surface area contributed by atoms with Crippen LogP contribution in [0.4, 0.5) is 14.5 Å². The van der Waals surface area contributed by atoms with Crippen molar-refractivity contribution < 1.29 is 8.78 Å². The highest BCUT2D eigenvalue weighted by Crippen LogP contribution is 2.47. The van der Waals surface area contributed by atoms with E-state index in [-0.39, 0.29) is 17.0 Å². The molecule has 1 aliphatic carbocycles. The van der Waals surface area contributed by atoms with Crippen LogP contribution in [0.2, 0.25) is 0 Å². The largest absolute Gasteiger partial charge is 0.368 e. The monoisotopic (exact) mass is 345 g/mol. The summed E-state index contributed by atoms with van der Waals surface area (Å²) in [6, 6.07) is 10.3. The van der Waals surface area contributed by atoms with Gasteiger partial charge in [-0.05, 0) is 54.5 Å². The molecule has 1 atom stereocenters. The van der Waals surface area contributed by atoms with Crippen LogP contribution in [-0.4, -0.2) is 0 Å².